The number of hydrogen-bond donors (Lipinski definition) is 2. The van der Waals surface area contributed by atoms with Gasteiger partial charge in [-0.25, -0.2) is 4.79 Å². The largest absolute Gasteiger partial charge is 0.465 e. The lowest BCUT2D eigenvalue weighted by molar-refractivity contribution is -0.115. The molecule has 0 saturated heterocycles. The van der Waals surface area contributed by atoms with Crippen LogP contribution in [0.3, 0.4) is 0 Å². The van der Waals surface area contributed by atoms with Gasteiger partial charge in [0.2, 0.25) is 11.8 Å². The van der Waals surface area contributed by atoms with E-state index < -0.39 is 11.2 Å². The minimum atomic E-state index is -0.434. The Balaban J connectivity index is 1.42. The number of amides is 2. The van der Waals surface area contributed by atoms with Gasteiger partial charge in [0.15, 0.2) is 0 Å². The Labute approximate surface area is 244 Å². The molecular formula is C32H36N2O4S2. The average molecular weight is 577 g/mol. The van der Waals surface area contributed by atoms with Crippen LogP contribution in [0.5, 0.6) is 0 Å². The van der Waals surface area contributed by atoms with Crippen LogP contribution in [0.15, 0.2) is 65.6 Å². The van der Waals surface area contributed by atoms with Crippen LogP contribution in [0.2, 0.25) is 0 Å². The summed E-state index contributed by atoms with van der Waals surface area (Å²) in [6.07, 6.45) is 5.96. The predicted octanol–water partition coefficient (Wildman–Crippen LogP) is 7.46. The number of rotatable bonds is 8. The Morgan fingerprint density at radius 3 is 2.52 bits per heavy atom. The number of thioether (sulfide) groups is 1. The summed E-state index contributed by atoms with van der Waals surface area (Å²) in [5.74, 6) is -0.320. The van der Waals surface area contributed by atoms with Gasteiger partial charge in [-0.1, -0.05) is 57.2 Å². The van der Waals surface area contributed by atoms with Crippen LogP contribution in [-0.4, -0.2) is 30.1 Å². The zero-order valence-corrected chi connectivity index (χ0v) is 25.2. The molecule has 210 valence electrons. The minimum Gasteiger partial charge on any atom is -0.465 e. The second-order valence-electron chi connectivity index (χ2n) is 11.0. The number of esters is 1. The molecule has 2 unspecified atom stereocenters. The number of nitrogens with one attached hydrogen (secondary N) is 2. The summed E-state index contributed by atoms with van der Waals surface area (Å²) < 4.78 is 5.09. The molecule has 0 radical (unpaired) electrons. The van der Waals surface area contributed by atoms with Crippen molar-refractivity contribution in [2.75, 3.05) is 17.7 Å². The number of hydrogen-bond acceptors (Lipinski definition) is 6. The average Bonchev–Trinajstić information content (AvgIpc) is 3.28. The fraction of sp³-hybridized carbons (Fsp3) is 0.344. The molecule has 8 heteroatoms. The Morgan fingerprint density at radius 1 is 1.07 bits per heavy atom. The summed E-state index contributed by atoms with van der Waals surface area (Å²) in [7, 11) is 1.38. The monoisotopic (exact) mass is 576 g/mol. The quantitative estimate of drug-likeness (QED) is 0.165. The van der Waals surface area contributed by atoms with Crippen molar-refractivity contribution >= 4 is 57.6 Å². The van der Waals surface area contributed by atoms with Gasteiger partial charge in [-0.05, 0) is 72.9 Å². The van der Waals surface area contributed by atoms with Gasteiger partial charge in [-0.2, -0.15) is 0 Å². The van der Waals surface area contributed by atoms with Crippen LogP contribution in [-0.2, 0) is 27.2 Å². The predicted molar refractivity (Wildman–Crippen MR) is 165 cm³/mol. The lowest BCUT2D eigenvalue weighted by Crippen LogP contribution is -2.26. The number of carbonyl (C=O) groups is 3. The molecule has 40 heavy (non-hydrogen) atoms. The van der Waals surface area contributed by atoms with Crippen molar-refractivity contribution in [1.82, 2.24) is 0 Å². The lowest BCUT2D eigenvalue weighted by atomic mass is 9.72. The number of anilines is 2. The third-order valence-corrected chi connectivity index (χ3v) is 9.39. The summed E-state index contributed by atoms with van der Waals surface area (Å²) in [5.41, 5.74) is 3.27. The van der Waals surface area contributed by atoms with E-state index in [1.54, 1.807) is 6.08 Å². The van der Waals surface area contributed by atoms with E-state index in [0.29, 0.717) is 22.2 Å². The first-order chi connectivity index (χ1) is 19.0. The molecular weight excluding hydrogens is 540 g/mol. The van der Waals surface area contributed by atoms with E-state index in [2.05, 4.69) is 31.4 Å². The van der Waals surface area contributed by atoms with E-state index in [4.69, 9.17) is 4.74 Å². The van der Waals surface area contributed by atoms with E-state index in [0.717, 1.165) is 40.2 Å². The number of thiophene rings is 1. The molecule has 0 spiro atoms. The van der Waals surface area contributed by atoms with Gasteiger partial charge in [0.25, 0.3) is 0 Å². The molecule has 0 saturated carbocycles. The highest BCUT2D eigenvalue weighted by atomic mass is 32.2. The lowest BCUT2D eigenvalue weighted by Gasteiger charge is -2.33. The van der Waals surface area contributed by atoms with E-state index in [1.807, 2.05) is 61.5 Å². The molecule has 2 N–H and O–H groups in total. The highest BCUT2D eigenvalue weighted by Gasteiger charge is 2.34. The van der Waals surface area contributed by atoms with Gasteiger partial charge in [0.1, 0.15) is 5.00 Å². The molecule has 2 aromatic carbocycles. The summed E-state index contributed by atoms with van der Waals surface area (Å²) in [6.45, 7) is 8.58. The van der Waals surface area contributed by atoms with Gasteiger partial charge in [-0.15, -0.1) is 23.1 Å². The molecule has 0 bridgehead atoms. The number of carbonyl (C=O) groups excluding carboxylic acids is 3. The fourth-order valence-corrected chi connectivity index (χ4v) is 7.01. The van der Waals surface area contributed by atoms with Crippen LogP contribution in [0, 0.1) is 11.3 Å². The molecule has 1 aliphatic rings. The Morgan fingerprint density at radius 2 is 1.82 bits per heavy atom. The SMILES string of the molecule is COC(=O)c1c(NC(=O)C(C)Sc2cccc(NC(=O)/C=C/c3ccccc3)c2)sc2c1CCC(C(C)(C)C)C2. The first-order valence-corrected chi connectivity index (χ1v) is 15.1. The fourth-order valence-electron chi connectivity index (χ4n) is 4.77. The highest BCUT2D eigenvalue weighted by Crippen LogP contribution is 2.44. The molecule has 2 amide bonds. The van der Waals surface area contributed by atoms with Crippen LogP contribution in [0.25, 0.3) is 6.08 Å². The van der Waals surface area contributed by atoms with Gasteiger partial charge in [0, 0.05) is 21.5 Å². The van der Waals surface area contributed by atoms with Crippen molar-refractivity contribution < 1.29 is 19.1 Å². The zero-order chi connectivity index (χ0) is 28.9. The van der Waals surface area contributed by atoms with E-state index in [9.17, 15) is 14.4 Å². The number of ether oxygens (including phenoxy) is 1. The second kappa shape index (κ2) is 12.9. The van der Waals surface area contributed by atoms with Gasteiger partial charge >= 0.3 is 5.97 Å². The maximum absolute atomic E-state index is 13.2. The van der Waals surface area contributed by atoms with E-state index in [-0.39, 0.29) is 17.2 Å². The first-order valence-electron chi connectivity index (χ1n) is 13.4. The molecule has 1 heterocycles. The van der Waals surface area contributed by atoms with Crippen LogP contribution >= 0.6 is 23.1 Å². The van der Waals surface area contributed by atoms with Gasteiger partial charge in [0.05, 0.1) is 17.9 Å². The normalized spacial score (nSPS) is 15.8. The third-order valence-electron chi connectivity index (χ3n) is 7.13. The van der Waals surface area contributed by atoms with Crippen LogP contribution in [0.1, 0.15) is 60.5 Å². The summed E-state index contributed by atoms with van der Waals surface area (Å²) in [6, 6.07) is 17.0. The second-order valence-corrected chi connectivity index (χ2v) is 13.5. The number of fused-ring (bicyclic) bond motifs is 1. The zero-order valence-electron chi connectivity index (χ0n) is 23.6. The number of benzene rings is 2. The highest BCUT2D eigenvalue weighted by molar-refractivity contribution is 8.00. The van der Waals surface area contributed by atoms with E-state index >= 15 is 0 Å². The van der Waals surface area contributed by atoms with Crippen molar-refractivity contribution in [1.29, 1.82) is 0 Å². The Bertz CT molecular complexity index is 1410. The molecule has 2 atom stereocenters. The summed E-state index contributed by atoms with van der Waals surface area (Å²) in [4.78, 5) is 40.4. The van der Waals surface area contributed by atoms with Crippen LogP contribution < -0.4 is 10.6 Å². The van der Waals surface area contributed by atoms with Gasteiger partial charge in [-0.3, -0.25) is 9.59 Å². The summed E-state index contributed by atoms with van der Waals surface area (Å²) >= 11 is 2.88. The maximum atomic E-state index is 13.2. The van der Waals surface area contributed by atoms with Crippen molar-refractivity contribution in [3.05, 3.63) is 82.2 Å². The standard InChI is InChI=1S/C32H36N2O4S2/c1-20(39-24-13-9-12-23(19-24)33-27(35)17-14-21-10-7-6-8-11-21)29(36)34-30-28(31(37)38-5)25-16-15-22(32(2,3)4)18-26(25)40-30/h6-14,17,19-20,22H,15-16,18H2,1-5H3,(H,33,35)(H,34,36)/b17-14+. The molecule has 1 aliphatic carbocycles. The Kier molecular flexibility index (Phi) is 9.53. The van der Waals surface area contributed by atoms with Crippen molar-refractivity contribution in [3.8, 4) is 0 Å². The molecule has 0 fully saturated rings. The number of methoxy groups -OCH3 is 1. The minimum absolute atomic E-state index is 0.174. The summed E-state index contributed by atoms with van der Waals surface area (Å²) in [5, 5.41) is 6.02. The molecule has 3 aromatic rings. The van der Waals surface area contributed by atoms with E-state index in [1.165, 1.54) is 36.3 Å². The first kappa shape index (κ1) is 29.6. The Hall–Kier alpha value is -3.36. The van der Waals surface area contributed by atoms with Crippen molar-refractivity contribution in [3.63, 3.8) is 0 Å². The molecule has 0 aliphatic heterocycles. The molecule has 4 rings (SSSR count). The van der Waals surface area contributed by atoms with Crippen molar-refractivity contribution in [2.45, 2.75) is 57.1 Å². The molecule has 6 nitrogen and oxygen atoms in total. The maximum Gasteiger partial charge on any atom is 0.341 e. The molecule has 1 aromatic heterocycles. The van der Waals surface area contributed by atoms with Crippen molar-refractivity contribution in [2.24, 2.45) is 11.3 Å². The van der Waals surface area contributed by atoms with Crippen LogP contribution in [0.4, 0.5) is 10.7 Å². The third kappa shape index (κ3) is 7.43. The topological polar surface area (TPSA) is 84.5 Å². The smallest absolute Gasteiger partial charge is 0.341 e. The van der Waals surface area contributed by atoms with Gasteiger partial charge < -0.3 is 15.4 Å².